The lowest BCUT2D eigenvalue weighted by atomic mass is 10.1. The summed E-state index contributed by atoms with van der Waals surface area (Å²) in [6.07, 6.45) is 0. The van der Waals surface area contributed by atoms with Crippen molar-refractivity contribution in [2.45, 2.75) is 6.92 Å². The molecule has 0 atom stereocenters. The van der Waals surface area contributed by atoms with Gasteiger partial charge in [0.1, 0.15) is 13.2 Å². The fourth-order valence-electron chi connectivity index (χ4n) is 1.41. The molecule has 1 aromatic rings. The summed E-state index contributed by atoms with van der Waals surface area (Å²) in [7, 11) is 0. The van der Waals surface area contributed by atoms with Gasteiger partial charge in [-0.3, -0.25) is 10.1 Å². The lowest BCUT2D eigenvalue weighted by molar-refractivity contribution is -0.384. The number of nitrogens with zero attached hydrogens (tertiary/aromatic N) is 4. The highest BCUT2D eigenvalue weighted by molar-refractivity contribution is 5.95. The Kier molecular flexibility index (Phi) is 6.26. The van der Waals surface area contributed by atoms with Gasteiger partial charge in [-0.1, -0.05) is 11.7 Å². The molecule has 0 fully saturated rings. The van der Waals surface area contributed by atoms with E-state index in [1.54, 1.807) is 0 Å². The van der Waals surface area contributed by atoms with Gasteiger partial charge in [0.2, 0.25) is 0 Å². The summed E-state index contributed by atoms with van der Waals surface area (Å²) < 4.78 is 9.55. The van der Waals surface area contributed by atoms with Crippen LogP contribution in [0.3, 0.4) is 0 Å². The minimum atomic E-state index is -0.942. The summed E-state index contributed by atoms with van der Waals surface area (Å²) in [5, 5.41) is 14.0. The molecule has 0 saturated heterocycles. The van der Waals surface area contributed by atoms with E-state index in [2.05, 4.69) is 16.6 Å². The van der Waals surface area contributed by atoms with Gasteiger partial charge in [0.15, 0.2) is 0 Å². The van der Waals surface area contributed by atoms with E-state index in [0.29, 0.717) is 0 Å². The number of carbonyl (C=O) groups is 2. The first kappa shape index (κ1) is 17.7. The Bertz CT molecular complexity index is 708. The zero-order valence-corrected chi connectivity index (χ0v) is 12.1. The van der Waals surface area contributed by atoms with Gasteiger partial charge in [0.05, 0.1) is 16.2 Å². The molecule has 0 amide bonds. The lowest BCUT2D eigenvalue weighted by Crippen LogP contribution is -2.14. The molecule has 1 aromatic carbocycles. The van der Waals surface area contributed by atoms with Crippen molar-refractivity contribution < 1.29 is 24.0 Å². The Morgan fingerprint density at radius 2 is 2.04 bits per heavy atom. The van der Waals surface area contributed by atoms with Gasteiger partial charge in [0, 0.05) is 22.6 Å². The topological polar surface area (TPSA) is 145 Å². The SMILES string of the molecule is C=C(C)C(=O)OCCOC(=O)c1cc([N+](=O)[O-])ccc1N=[N+]=[N-]. The Balaban J connectivity index is 2.79. The Hall–Kier alpha value is -3.39. The zero-order valence-electron chi connectivity index (χ0n) is 12.1. The second-order valence-electron chi connectivity index (χ2n) is 4.20. The quantitative estimate of drug-likeness (QED) is 0.110. The van der Waals surface area contributed by atoms with E-state index in [-0.39, 0.29) is 35.7 Å². The molecular weight excluding hydrogens is 308 g/mol. The number of ether oxygens (including phenoxy) is 2. The van der Waals surface area contributed by atoms with Gasteiger partial charge >= 0.3 is 11.9 Å². The van der Waals surface area contributed by atoms with Crippen LogP contribution in [0.4, 0.5) is 11.4 Å². The third-order valence-electron chi connectivity index (χ3n) is 2.46. The van der Waals surface area contributed by atoms with Crippen LogP contribution in [0.2, 0.25) is 0 Å². The van der Waals surface area contributed by atoms with Crippen molar-refractivity contribution in [2.24, 2.45) is 5.11 Å². The molecule has 0 heterocycles. The number of esters is 2. The Labute approximate surface area is 130 Å². The number of benzene rings is 1. The maximum Gasteiger partial charge on any atom is 0.338 e. The molecular formula is C13H12N4O6. The molecule has 10 nitrogen and oxygen atoms in total. The van der Waals surface area contributed by atoms with Crippen LogP contribution in [0.1, 0.15) is 17.3 Å². The van der Waals surface area contributed by atoms with E-state index < -0.39 is 16.9 Å². The summed E-state index contributed by atoms with van der Waals surface area (Å²) in [5.74, 6) is -1.58. The van der Waals surface area contributed by atoms with E-state index in [9.17, 15) is 19.7 Å². The third-order valence-corrected chi connectivity index (χ3v) is 2.46. The highest BCUT2D eigenvalue weighted by atomic mass is 16.6. The van der Waals surface area contributed by atoms with Gasteiger partial charge in [-0.2, -0.15) is 0 Å². The second-order valence-corrected chi connectivity index (χ2v) is 4.20. The van der Waals surface area contributed by atoms with Gasteiger partial charge in [-0.15, -0.1) is 0 Å². The average molecular weight is 320 g/mol. The molecule has 0 aliphatic heterocycles. The first-order valence-electron chi connectivity index (χ1n) is 6.20. The molecule has 0 N–H and O–H groups in total. The first-order valence-corrected chi connectivity index (χ1v) is 6.20. The maximum absolute atomic E-state index is 11.9. The van der Waals surface area contributed by atoms with E-state index in [1.165, 1.54) is 6.92 Å². The van der Waals surface area contributed by atoms with Gasteiger partial charge in [0.25, 0.3) is 5.69 Å². The third kappa shape index (κ3) is 5.14. The molecule has 0 aromatic heterocycles. The second kappa shape index (κ2) is 8.15. The van der Waals surface area contributed by atoms with Gasteiger partial charge in [-0.05, 0) is 18.5 Å². The van der Waals surface area contributed by atoms with Gasteiger partial charge < -0.3 is 9.47 Å². The number of non-ortho nitro benzene ring substituents is 1. The van der Waals surface area contributed by atoms with Crippen molar-refractivity contribution in [1.29, 1.82) is 0 Å². The number of nitro benzene ring substituents is 1. The summed E-state index contributed by atoms with van der Waals surface area (Å²) >= 11 is 0. The summed E-state index contributed by atoms with van der Waals surface area (Å²) in [6, 6.07) is 3.16. The highest BCUT2D eigenvalue weighted by Gasteiger charge is 2.17. The molecule has 0 unspecified atom stereocenters. The van der Waals surface area contributed by atoms with Gasteiger partial charge in [-0.25, -0.2) is 9.59 Å². The number of nitro groups is 1. The van der Waals surface area contributed by atoms with E-state index in [4.69, 9.17) is 15.0 Å². The monoisotopic (exact) mass is 320 g/mol. The number of hydrogen-bond acceptors (Lipinski definition) is 7. The van der Waals surface area contributed by atoms with Crippen molar-refractivity contribution in [1.82, 2.24) is 0 Å². The molecule has 23 heavy (non-hydrogen) atoms. The van der Waals surface area contributed by atoms with Crippen LogP contribution >= 0.6 is 0 Å². The largest absolute Gasteiger partial charge is 0.459 e. The molecule has 0 bridgehead atoms. The summed E-state index contributed by atoms with van der Waals surface area (Å²) in [4.78, 5) is 35.6. The van der Waals surface area contributed by atoms with E-state index in [1.807, 2.05) is 0 Å². The Morgan fingerprint density at radius 3 is 2.61 bits per heavy atom. The number of rotatable bonds is 7. The molecule has 0 aliphatic rings. The van der Waals surface area contributed by atoms with Crippen molar-refractivity contribution in [2.75, 3.05) is 13.2 Å². The van der Waals surface area contributed by atoms with Crippen molar-refractivity contribution >= 4 is 23.3 Å². The highest BCUT2D eigenvalue weighted by Crippen LogP contribution is 2.25. The predicted octanol–water partition coefficient (Wildman–Crippen LogP) is 2.81. The molecule has 1 rings (SSSR count). The van der Waals surface area contributed by atoms with Crippen LogP contribution in [0.15, 0.2) is 35.5 Å². The molecule has 0 radical (unpaired) electrons. The van der Waals surface area contributed by atoms with Crippen LogP contribution in [-0.2, 0) is 14.3 Å². The smallest absolute Gasteiger partial charge is 0.338 e. The summed E-state index contributed by atoms with van der Waals surface area (Å²) in [5.41, 5.74) is 7.90. The normalized spacial score (nSPS) is 9.43. The minimum absolute atomic E-state index is 0.109. The maximum atomic E-state index is 11.9. The van der Waals surface area contributed by atoms with Crippen LogP contribution in [0, 0.1) is 10.1 Å². The lowest BCUT2D eigenvalue weighted by Gasteiger charge is -2.07. The molecule has 0 spiro atoms. The summed E-state index contributed by atoms with van der Waals surface area (Å²) in [6.45, 7) is 4.37. The minimum Gasteiger partial charge on any atom is -0.459 e. The van der Waals surface area contributed by atoms with Crippen LogP contribution in [0.5, 0.6) is 0 Å². The average Bonchev–Trinajstić information content (AvgIpc) is 2.51. The van der Waals surface area contributed by atoms with Crippen LogP contribution < -0.4 is 0 Å². The van der Waals surface area contributed by atoms with Crippen molar-refractivity contribution in [3.63, 3.8) is 0 Å². The standard InChI is InChI=1S/C13H12N4O6/c1-8(2)12(18)22-5-6-23-13(19)10-7-9(17(20)21)3-4-11(10)15-16-14/h3-4,7H,1,5-6H2,2H3. The number of hydrogen-bond donors (Lipinski definition) is 0. The number of azide groups is 1. The molecule has 0 aliphatic carbocycles. The zero-order chi connectivity index (χ0) is 17.4. The van der Waals surface area contributed by atoms with Crippen molar-refractivity contribution in [3.05, 3.63) is 56.5 Å². The fraction of sp³-hybridized carbons (Fsp3) is 0.231. The molecule has 10 heteroatoms. The molecule has 120 valence electrons. The number of carbonyl (C=O) groups excluding carboxylic acids is 2. The van der Waals surface area contributed by atoms with E-state index >= 15 is 0 Å². The predicted molar refractivity (Wildman–Crippen MR) is 78.0 cm³/mol. The van der Waals surface area contributed by atoms with Crippen LogP contribution in [-0.4, -0.2) is 30.1 Å². The Morgan fingerprint density at radius 1 is 1.39 bits per heavy atom. The van der Waals surface area contributed by atoms with Crippen LogP contribution in [0.25, 0.3) is 10.4 Å². The first-order chi connectivity index (χ1) is 10.9. The fourth-order valence-corrected chi connectivity index (χ4v) is 1.41. The molecule has 0 saturated carbocycles. The van der Waals surface area contributed by atoms with E-state index in [0.717, 1.165) is 18.2 Å². The van der Waals surface area contributed by atoms with Crippen molar-refractivity contribution in [3.8, 4) is 0 Å².